The molecule has 0 aliphatic carbocycles. The van der Waals surface area contributed by atoms with Crippen molar-refractivity contribution in [2.75, 3.05) is 36.8 Å². The molecule has 2 fully saturated rings. The fourth-order valence-electron chi connectivity index (χ4n) is 2.52. The lowest BCUT2D eigenvalue weighted by atomic mass is 10.2. The third-order valence-corrected chi connectivity index (χ3v) is 3.29. The molecule has 1 aromatic heterocycles. The fourth-order valence-corrected chi connectivity index (χ4v) is 2.52. The van der Waals surface area contributed by atoms with E-state index in [1.807, 2.05) is 0 Å². The van der Waals surface area contributed by atoms with Gasteiger partial charge >= 0.3 is 12.0 Å². The number of rotatable bonds is 1. The van der Waals surface area contributed by atoms with Crippen LogP contribution in [0, 0.1) is 0 Å². The van der Waals surface area contributed by atoms with Gasteiger partial charge in [0, 0.05) is 25.7 Å². The minimum atomic E-state index is 0.152. The first kappa shape index (κ1) is 8.96. The second-order valence-corrected chi connectivity index (χ2v) is 4.20. The summed E-state index contributed by atoms with van der Waals surface area (Å²) in [5.41, 5.74) is 5.41. The van der Waals surface area contributed by atoms with E-state index in [0.717, 1.165) is 19.6 Å². The molecule has 82 valence electrons. The maximum absolute atomic E-state index is 5.41. The minimum Gasteiger partial charge on any atom is -0.390 e. The van der Waals surface area contributed by atoms with Crippen molar-refractivity contribution in [3.63, 3.8) is 0 Å². The van der Waals surface area contributed by atoms with E-state index in [1.165, 1.54) is 19.4 Å². The van der Waals surface area contributed by atoms with Crippen LogP contribution < -0.4 is 10.6 Å². The second-order valence-electron chi connectivity index (χ2n) is 4.20. The molecule has 1 unspecified atom stereocenters. The fraction of sp³-hybridized carbons (Fsp3) is 0.778. The van der Waals surface area contributed by atoms with Gasteiger partial charge in [0.05, 0.1) is 0 Å². The van der Waals surface area contributed by atoms with E-state index in [1.54, 1.807) is 0 Å². The van der Waals surface area contributed by atoms with Crippen LogP contribution in [-0.4, -0.2) is 47.3 Å². The Morgan fingerprint density at radius 1 is 1.27 bits per heavy atom. The molecule has 0 amide bonds. The van der Waals surface area contributed by atoms with Crippen LogP contribution in [-0.2, 0) is 0 Å². The van der Waals surface area contributed by atoms with Crippen LogP contribution in [0.1, 0.15) is 12.8 Å². The third-order valence-electron chi connectivity index (χ3n) is 3.29. The second kappa shape index (κ2) is 3.37. The van der Waals surface area contributed by atoms with Crippen molar-refractivity contribution in [1.29, 1.82) is 0 Å². The summed E-state index contributed by atoms with van der Waals surface area (Å²) in [6, 6.07) is 1.38. The maximum atomic E-state index is 5.41. The molecule has 0 bridgehead atoms. The van der Waals surface area contributed by atoms with Crippen molar-refractivity contribution in [1.82, 2.24) is 15.1 Å². The highest BCUT2D eigenvalue weighted by Gasteiger charge is 2.32. The molecule has 2 saturated heterocycles. The molecule has 1 aromatic rings. The first-order chi connectivity index (χ1) is 7.33. The molecular weight excluding hydrogens is 194 g/mol. The lowest BCUT2D eigenvalue weighted by molar-refractivity contribution is 0.226. The zero-order valence-electron chi connectivity index (χ0n) is 8.59. The zero-order valence-corrected chi connectivity index (χ0v) is 8.59. The number of hydrogen-bond acceptors (Lipinski definition) is 6. The summed E-state index contributed by atoms with van der Waals surface area (Å²) in [7, 11) is 0. The Morgan fingerprint density at radius 2 is 2.20 bits per heavy atom. The molecule has 2 N–H and O–H groups in total. The Morgan fingerprint density at radius 3 is 3.00 bits per heavy atom. The van der Waals surface area contributed by atoms with Gasteiger partial charge in [0.2, 0.25) is 0 Å². The summed E-state index contributed by atoms with van der Waals surface area (Å²) in [6.07, 6.45) is 2.59. The Labute approximate surface area is 88.0 Å². The average molecular weight is 209 g/mol. The van der Waals surface area contributed by atoms with Gasteiger partial charge in [-0.05, 0) is 19.4 Å². The number of nitrogens with zero attached hydrogens (tertiary/aromatic N) is 4. The van der Waals surface area contributed by atoms with E-state index in [4.69, 9.17) is 10.2 Å². The minimum absolute atomic E-state index is 0.152. The van der Waals surface area contributed by atoms with Gasteiger partial charge in [-0.1, -0.05) is 10.2 Å². The molecular formula is C9H15N5O. The molecule has 6 nitrogen and oxygen atoms in total. The van der Waals surface area contributed by atoms with E-state index in [2.05, 4.69) is 20.0 Å². The van der Waals surface area contributed by atoms with Crippen LogP contribution in [0.15, 0.2) is 4.42 Å². The van der Waals surface area contributed by atoms with Crippen molar-refractivity contribution in [3.05, 3.63) is 0 Å². The number of aromatic nitrogens is 2. The van der Waals surface area contributed by atoms with Crippen LogP contribution in [0.4, 0.5) is 12.0 Å². The Balaban J connectivity index is 1.73. The van der Waals surface area contributed by atoms with Crippen molar-refractivity contribution < 1.29 is 4.42 Å². The maximum Gasteiger partial charge on any atom is 0.319 e. The molecule has 3 heterocycles. The highest BCUT2D eigenvalue weighted by atomic mass is 16.4. The molecule has 0 radical (unpaired) electrons. The quantitative estimate of drug-likeness (QED) is 0.698. The van der Waals surface area contributed by atoms with Crippen LogP contribution in [0.3, 0.4) is 0 Å². The summed E-state index contributed by atoms with van der Waals surface area (Å²) < 4.78 is 5.23. The lowest BCUT2D eigenvalue weighted by Crippen LogP contribution is -2.50. The Bertz CT molecular complexity index is 352. The first-order valence-corrected chi connectivity index (χ1v) is 5.41. The van der Waals surface area contributed by atoms with Gasteiger partial charge in [-0.2, -0.15) is 0 Å². The first-order valence-electron chi connectivity index (χ1n) is 5.41. The van der Waals surface area contributed by atoms with Crippen molar-refractivity contribution >= 4 is 12.0 Å². The highest BCUT2D eigenvalue weighted by Crippen LogP contribution is 2.24. The summed E-state index contributed by atoms with van der Waals surface area (Å²) in [6.45, 7) is 4.27. The largest absolute Gasteiger partial charge is 0.390 e. The molecule has 2 aliphatic heterocycles. The summed E-state index contributed by atoms with van der Waals surface area (Å²) in [5, 5.41) is 7.60. The van der Waals surface area contributed by atoms with Crippen LogP contribution in [0.2, 0.25) is 0 Å². The summed E-state index contributed by atoms with van der Waals surface area (Å²) in [4.78, 5) is 4.67. The smallest absolute Gasteiger partial charge is 0.319 e. The van der Waals surface area contributed by atoms with E-state index in [-0.39, 0.29) is 6.01 Å². The van der Waals surface area contributed by atoms with E-state index < -0.39 is 0 Å². The van der Waals surface area contributed by atoms with Crippen LogP contribution in [0.5, 0.6) is 0 Å². The van der Waals surface area contributed by atoms with Crippen molar-refractivity contribution in [2.24, 2.45) is 0 Å². The number of piperazine rings is 1. The van der Waals surface area contributed by atoms with E-state index >= 15 is 0 Å². The monoisotopic (exact) mass is 209 g/mol. The van der Waals surface area contributed by atoms with E-state index in [9.17, 15) is 0 Å². The predicted octanol–water partition coefficient (Wildman–Crippen LogP) is -0.0638. The van der Waals surface area contributed by atoms with E-state index in [0.29, 0.717) is 12.1 Å². The Hall–Kier alpha value is -1.30. The number of nitrogens with two attached hydrogens (primary N) is 1. The van der Waals surface area contributed by atoms with Gasteiger partial charge in [-0.15, -0.1) is 0 Å². The highest BCUT2D eigenvalue weighted by molar-refractivity contribution is 5.29. The van der Waals surface area contributed by atoms with Gasteiger partial charge in [-0.25, -0.2) is 0 Å². The molecule has 0 saturated carbocycles. The molecule has 15 heavy (non-hydrogen) atoms. The molecule has 1 atom stereocenters. The average Bonchev–Trinajstić information content (AvgIpc) is 2.84. The van der Waals surface area contributed by atoms with Gasteiger partial charge in [0.15, 0.2) is 0 Å². The van der Waals surface area contributed by atoms with Crippen molar-refractivity contribution in [3.8, 4) is 0 Å². The van der Waals surface area contributed by atoms with Gasteiger partial charge in [0.25, 0.3) is 0 Å². The number of anilines is 2. The number of fused-ring (bicyclic) bond motifs is 1. The Kier molecular flexibility index (Phi) is 2.02. The number of nitrogen functional groups attached to an aromatic ring is 1. The molecule has 6 heteroatoms. The SMILES string of the molecule is Nc1nnc(N2CCN3CCCC3C2)o1. The van der Waals surface area contributed by atoms with Crippen molar-refractivity contribution in [2.45, 2.75) is 18.9 Å². The zero-order chi connectivity index (χ0) is 10.3. The molecule has 0 aromatic carbocycles. The van der Waals surface area contributed by atoms with Crippen LogP contribution in [0.25, 0.3) is 0 Å². The topological polar surface area (TPSA) is 71.4 Å². The third kappa shape index (κ3) is 1.54. The van der Waals surface area contributed by atoms with Gasteiger partial charge < -0.3 is 15.1 Å². The molecule has 0 spiro atoms. The lowest BCUT2D eigenvalue weighted by Gasteiger charge is -2.36. The van der Waals surface area contributed by atoms with Gasteiger partial charge in [-0.3, -0.25) is 4.90 Å². The summed E-state index contributed by atoms with van der Waals surface area (Å²) in [5.74, 6) is 0. The normalized spacial score (nSPS) is 26.9. The van der Waals surface area contributed by atoms with Gasteiger partial charge in [0.1, 0.15) is 0 Å². The molecule has 3 rings (SSSR count). The summed E-state index contributed by atoms with van der Waals surface area (Å²) >= 11 is 0. The molecule has 2 aliphatic rings. The predicted molar refractivity (Wildman–Crippen MR) is 55.5 cm³/mol. The standard InChI is InChI=1S/C9H15N5O/c10-8-11-12-9(15-8)14-5-4-13-3-1-2-7(13)6-14/h7H,1-6H2,(H2,10,11). The number of hydrogen-bond donors (Lipinski definition) is 1. The van der Waals surface area contributed by atoms with Crippen LogP contribution >= 0.6 is 0 Å².